The molecular weight excluding hydrogens is 382 g/mol. The smallest absolute Gasteiger partial charge is 0.255 e. The van der Waals surface area contributed by atoms with Crippen LogP contribution in [-0.2, 0) is 16.1 Å². The minimum absolute atomic E-state index is 0.00392. The van der Waals surface area contributed by atoms with E-state index in [1.165, 1.54) is 0 Å². The molecule has 2 aliphatic heterocycles. The molecule has 0 radical (unpaired) electrons. The van der Waals surface area contributed by atoms with Gasteiger partial charge >= 0.3 is 0 Å². The predicted octanol–water partition coefficient (Wildman–Crippen LogP) is 2.29. The number of amides is 2. The number of nitrogens with zero attached hydrogens (tertiary/aromatic N) is 3. The number of methoxy groups -OCH3 is 2. The van der Waals surface area contributed by atoms with Crippen LogP contribution in [0.25, 0.3) is 0 Å². The highest BCUT2D eigenvalue weighted by molar-refractivity contribution is 5.94. The summed E-state index contributed by atoms with van der Waals surface area (Å²) in [5.74, 6) is 0.777. The highest BCUT2D eigenvalue weighted by atomic mass is 16.5. The zero-order chi connectivity index (χ0) is 21.1. The third-order valence-electron chi connectivity index (χ3n) is 5.75. The molecule has 1 saturated heterocycles. The van der Waals surface area contributed by atoms with Crippen LogP contribution in [0.5, 0.6) is 5.75 Å². The van der Waals surface area contributed by atoms with Gasteiger partial charge in [-0.05, 0) is 41.8 Å². The van der Waals surface area contributed by atoms with Crippen molar-refractivity contribution in [3.63, 3.8) is 0 Å². The Balaban J connectivity index is 1.46. The van der Waals surface area contributed by atoms with E-state index in [2.05, 4.69) is 11.1 Å². The van der Waals surface area contributed by atoms with Crippen LogP contribution in [0, 0.1) is 0 Å². The zero-order valence-corrected chi connectivity index (χ0v) is 17.2. The molecule has 0 saturated carbocycles. The molecule has 30 heavy (non-hydrogen) atoms. The van der Waals surface area contributed by atoms with Gasteiger partial charge in [-0.15, -0.1) is 0 Å². The van der Waals surface area contributed by atoms with Gasteiger partial charge < -0.3 is 19.3 Å². The van der Waals surface area contributed by atoms with Crippen LogP contribution >= 0.6 is 0 Å². The third kappa shape index (κ3) is 3.80. The Morgan fingerprint density at radius 3 is 2.47 bits per heavy atom. The second-order valence-electron chi connectivity index (χ2n) is 7.43. The van der Waals surface area contributed by atoms with Gasteiger partial charge in [-0.2, -0.15) is 0 Å². The molecule has 7 nitrogen and oxygen atoms in total. The van der Waals surface area contributed by atoms with Gasteiger partial charge in [0.05, 0.1) is 13.2 Å². The molecule has 156 valence electrons. The summed E-state index contributed by atoms with van der Waals surface area (Å²) in [4.78, 5) is 32.9. The number of β-lactam (4-membered cyclic amide) rings is 1. The van der Waals surface area contributed by atoms with Crippen molar-refractivity contribution >= 4 is 11.8 Å². The lowest BCUT2D eigenvalue weighted by Crippen LogP contribution is -2.66. The van der Waals surface area contributed by atoms with Crippen LogP contribution in [0.4, 0.5) is 0 Å². The second-order valence-corrected chi connectivity index (χ2v) is 7.43. The average molecular weight is 407 g/mol. The van der Waals surface area contributed by atoms with E-state index >= 15 is 0 Å². The van der Waals surface area contributed by atoms with E-state index in [9.17, 15) is 9.59 Å². The normalized spacial score (nSPS) is 21.1. The first-order valence-corrected chi connectivity index (χ1v) is 9.97. The van der Waals surface area contributed by atoms with Crippen LogP contribution in [0.15, 0.2) is 60.4 Å². The number of carbonyl (C=O) groups is 2. The Hall–Kier alpha value is -3.19. The summed E-state index contributed by atoms with van der Waals surface area (Å²) in [6.07, 6.45) is 5.56. The van der Waals surface area contributed by atoms with Crippen molar-refractivity contribution in [1.29, 1.82) is 0 Å². The van der Waals surface area contributed by atoms with Crippen molar-refractivity contribution in [2.45, 2.75) is 25.1 Å². The molecule has 0 bridgehead atoms. The summed E-state index contributed by atoms with van der Waals surface area (Å²) in [6.45, 7) is 1.66. The first-order chi connectivity index (χ1) is 14.6. The lowest BCUT2D eigenvalue weighted by molar-refractivity contribution is -0.168. The van der Waals surface area contributed by atoms with Crippen LogP contribution < -0.4 is 4.74 Å². The highest BCUT2D eigenvalue weighted by Crippen LogP contribution is 2.33. The lowest BCUT2D eigenvalue weighted by atomic mass is 9.86. The number of hydrogen-bond acceptors (Lipinski definition) is 5. The van der Waals surface area contributed by atoms with E-state index in [1.807, 2.05) is 34.1 Å². The van der Waals surface area contributed by atoms with Gasteiger partial charge in [0.1, 0.15) is 5.75 Å². The van der Waals surface area contributed by atoms with E-state index < -0.39 is 6.10 Å². The minimum Gasteiger partial charge on any atom is -0.497 e. The molecular formula is C23H25N3O4. The first kappa shape index (κ1) is 20.1. The molecule has 0 aliphatic carbocycles. The van der Waals surface area contributed by atoms with E-state index in [0.29, 0.717) is 31.6 Å². The summed E-state index contributed by atoms with van der Waals surface area (Å²) in [5, 5.41) is 0. The molecule has 1 fully saturated rings. The summed E-state index contributed by atoms with van der Waals surface area (Å²) >= 11 is 0. The van der Waals surface area contributed by atoms with Gasteiger partial charge in [-0.1, -0.05) is 18.2 Å². The average Bonchev–Trinajstić information content (AvgIpc) is 2.81. The fourth-order valence-corrected chi connectivity index (χ4v) is 4.06. The number of rotatable bonds is 6. The van der Waals surface area contributed by atoms with Crippen molar-refractivity contribution in [2.75, 3.05) is 27.3 Å². The fourth-order valence-electron chi connectivity index (χ4n) is 4.06. The van der Waals surface area contributed by atoms with Crippen LogP contribution in [0.1, 0.15) is 22.3 Å². The molecule has 4 rings (SSSR count). The standard InChI is InChI=1S/C23H25N3O4/c1-29-19-5-3-16(4-6-19)15-26-20(21(30-2)23(26)28)17-9-13-25(14-10-17)22(27)18-7-11-24-12-8-18/h3-9,11-12,20-21H,10,13-15H2,1-2H3. The Morgan fingerprint density at radius 1 is 1.13 bits per heavy atom. The lowest BCUT2D eigenvalue weighted by Gasteiger charge is -2.48. The van der Waals surface area contributed by atoms with Gasteiger partial charge in [-0.25, -0.2) is 0 Å². The van der Waals surface area contributed by atoms with Crippen molar-refractivity contribution < 1.29 is 19.1 Å². The second kappa shape index (κ2) is 8.67. The molecule has 2 aliphatic rings. The summed E-state index contributed by atoms with van der Waals surface area (Å²) in [7, 11) is 3.20. The largest absolute Gasteiger partial charge is 0.497 e. The summed E-state index contributed by atoms with van der Waals surface area (Å²) in [5.41, 5.74) is 2.82. The first-order valence-electron chi connectivity index (χ1n) is 9.97. The van der Waals surface area contributed by atoms with Gasteiger partial charge in [0.15, 0.2) is 6.10 Å². The fraction of sp³-hybridized carbons (Fsp3) is 0.348. The Morgan fingerprint density at radius 2 is 1.87 bits per heavy atom. The number of aromatic nitrogens is 1. The van der Waals surface area contributed by atoms with Crippen LogP contribution in [-0.4, -0.2) is 66.1 Å². The Kier molecular flexibility index (Phi) is 5.81. The minimum atomic E-state index is -0.461. The maximum Gasteiger partial charge on any atom is 0.255 e. The van der Waals surface area contributed by atoms with E-state index in [4.69, 9.17) is 9.47 Å². The van der Waals surface area contributed by atoms with E-state index in [1.54, 1.807) is 38.7 Å². The van der Waals surface area contributed by atoms with Crippen LogP contribution in [0.2, 0.25) is 0 Å². The van der Waals surface area contributed by atoms with E-state index in [0.717, 1.165) is 16.9 Å². The summed E-state index contributed by atoms with van der Waals surface area (Å²) in [6, 6.07) is 11.1. The van der Waals surface area contributed by atoms with Gasteiger partial charge in [0, 0.05) is 44.7 Å². The van der Waals surface area contributed by atoms with Crippen molar-refractivity contribution in [2.24, 2.45) is 0 Å². The summed E-state index contributed by atoms with van der Waals surface area (Å²) < 4.78 is 10.7. The maximum atomic E-state index is 12.7. The molecule has 3 heterocycles. The number of ether oxygens (including phenoxy) is 2. The van der Waals surface area contributed by atoms with Crippen molar-refractivity contribution in [3.05, 3.63) is 71.6 Å². The third-order valence-corrected chi connectivity index (χ3v) is 5.75. The molecule has 0 spiro atoms. The van der Waals surface area contributed by atoms with E-state index in [-0.39, 0.29) is 17.9 Å². The molecule has 2 aromatic rings. The molecule has 7 heteroatoms. The van der Waals surface area contributed by atoms with Gasteiger partial charge in [0.25, 0.3) is 11.8 Å². The molecule has 2 unspecified atom stereocenters. The quantitative estimate of drug-likeness (QED) is 0.543. The van der Waals surface area contributed by atoms with Gasteiger partial charge in [0.2, 0.25) is 0 Å². The van der Waals surface area contributed by atoms with Crippen LogP contribution in [0.3, 0.4) is 0 Å². The topological polar surface area (TPSA) is 72.0 Å². The number of hydrogen-bond donors (Lipinski definition) is 0. The molecule has 1 aromatic carbocycles. The molecule has 0 N–H and O–H groups in total. The highest BCUT2D eigenvalue weighted by Gasteiger charge is 2.49. The number of benzene rings is 1. The SMILES string of the molecule is COc1ccc(CN2C(=O)C(OC)C2C2=CCN(C(=O)c3ccncc3)CC2)cc1. The molecule has 1 aromatic heterocycles. The number of likely N-dealkylation sites (tertiary alicyclic amines) is 1. The zero-order valence-electron chi connectivity index (χ0n) is 17.2. The van der Waals surface area contributed by atoms with Crippen molar-refractivity contribution in [3.8, 4) is 5.75 Å². The number of pyridine rings is 1. The van der Waals surface area contributed by atoms with Gasteiger partial charge in [-0.3, -0.25) is 14.6 Å². The monoisotopic (exact) mass is 407 g/mol. The Labute approximate surface area is 175 Å². The van der Waals surface area contributed by atoms with Crippen molar-refractivity contribution in [1.82, 2.24) is 14.8 Å². The molecule has 2 amide bonds. The predicted molar refractivity (Wildman–Crippen MR) is 111 cm³/mol. The molecule has 2 atom stereocenters. The Bertz CT molecular complexity index is 943. The number of carbonyl (C=O) groups excluding carboxylic acids is 2. The maximum absolute atomic E-state index is 12.7.